The Morgan fingerprint density at radius 2 is 0.870 bits per heavy atom. The summed E-state index contributed by atoms with van der Waals surface area (Å²) in [5.74, 6) is -7.02. The largest absolute Gasteiger partial charge is 0.492 e. The second kappa shape index (κ2) is 9.76. The molecule has 0 unspecified atom stereocenters. The summed E-state index contributed by atoms with van der Waals surface area (Å²) in [5.41, 5.74) is -3.87. The highest BCUT2D eigenvalue weighted by Gasteiger charge is 2.48. The van der Waals surface area contributed by atoms with Gasteiger partial charge in [-0.25, -0.2) is 0 Å². The zero-order chi connectivity index (χ0) is 33.7. The highest BCUT2D eigenvalue weighted by Crippen LogP contribution is 2.60. The smallest absolute Gasteiger partial charge is 0.416 e. The van der Waals surface area contributed by atoms with Crippen LogP contribution in [0, 0.1) is 0 Å². The number of aromatic hydroxyl groups is 4. The number of nitrogens with zero attached hydrogens (tertiary/aromatic N) is 2. The summed E-state index contributed by atoms with van der Waals surface area (Å²) in [7, 11) is -10.3. The van der Waals surface area contributed by atoms with Crippen molar-refractivity contribution in [2.75, 3.05) is 0 Å². The molecule has 3 aliphatic carbocycles. The number of benzene rings is 2. The molecule has 20 heteroatoms. The first-order valence-electron chi connectivity index (χ1n) is 12.5. The molecule has 4 aromatic rings. The first-order chi connectivity index (χ1) is 21.2. The van der Waals surface area contributed by atoms with Gasteiger partial charge in [0.1, 0.15) is 9.79 Å². The number of halogens is 6. The van der Waals surface area contributed by atoms with Crippen LogP contribution in [0.25, 0.3) is 0 Å². The summed E-state index contributed by atoms with van der Waals surface area (Å²) >= 11 is 0. The van der Waals surface area contributed by atoms with E-state index in [2.05, 4.69) is 0 Å². The summed E-state index contributed by atoms with van der Waals surface area (Å²) in [5, 5.41) is 43.7. The molecule has 244 valence electrons. The minimum Gasteiger partial charge on any atom is -0.492 e. The van der Waals surface area contributed by atoms with Gasteiger partial charge in [-0.2, -0.15) is 43.2 Å². The molecule has 0 radical (unpaired) electrons. The fourth-order valence-corrected chi connectivity index (χ4v) is 7.20. The third-order valence-electron chi connectivity index (χ3n) is 7.30. The average molecular weight is 695 g/mol. The van der Waals surface area contributed by atoms with Crippen LogP contribution in [-0.2, 0) is 32.6 Å². The van der Waals surface area contributed by atoms with E-state index in [1.165, 1.54) is 12.2 Å². The van der Waals surface area contributed by atoms with Crippen molar-refractivity contribution in [2.24, 2.45) is 0 Å². The van der Waals surface area contributed by atoms with E-state index in [4.69, 9.17) is 8.57 Å². The number of hydrogen-bond donors (Lipinski definition) is 4. The van der Waals surface area contributed by atoms with E-state index in [-0.39, 0.29) is 43.8 Å². The molecule has 0 amide bonds. The standard InChI is InChI=1S/C26H16F6N2O10S2/c27-25(28,29)11-3-1-5-13(9-11)45(39,40)43-33-21(35)17-15-7-8-16(18(17)22(33)36)20-19(15)23(37)34(24(20)38)44-46(41,42)14-6-2-4-12(10-14)26(30,31)32/h1-10,15-16,35-38H. The van der Waals surface area contributed by atoms with Crippen LogP contribution in [0.2, 0.25) is 0 Å². The van der Waals surface area contributed by atoms with Gasteiger partial charge in [-0.1, -0.05) is 33.7 Å². The number of aromatic nitrogens is 2. The first-order valence-corrected chi connectivity index (χ1v) is 15.3. The lowest BCUT2D eigenvalue weighted by Crippen LogP contribution is -2.20. The molecule has 0 saturated heterocycles. The number of rotatable bonds is 6. The van der Waals surface area contributed by atoms with Gasteiger partial charge in [0.15, 0.2) is 0 Å². The van der Waals surface area contributed by atoms with Crippen LogP contribution in [0.4, 0.5) is 26.3 Å². The van der Waals surface area contributed by atoms with Crippen LogP contribution in [0.1, 0.15) is 45.2 Å². The Morgan fingerprint density at radius 3 is 1.15 bits per heavy atom. The van der Waals surface area contributed by atoms with Crippen molar-refractivity contribution >= 4 is 20.2 Å². The van der Waals surface area contributed by atoms with E-state index in [1.54, 1.807) is 0 Å². The zero-order valence-electron chi connectivity index (χ0n) is 22.1. The van der Waals surface area contributed by atoms with Crippen LogP contribution in [0.3, 0.4) is 0 Å². The Labute approximate surface area is 253 Å². The molecule has 2 aromatic heterocycles. The minimum atomic E-state index is -5.13. The van der Waals surface area contributed by atoms with Crippen LogP contribution >= 0.6 is 0 Å². The predicted molar refractivity (Wildman–Crippen MR) is 139 cm³/mol. The molecule has 3 aliphatic rings. The van der Waals surface area contributed by atoms with Gasteiger partial charge < -0.3 is 20.4 Å². The van der Waals surface area contributed by atoms with Crippen LogP contribution in [0.5, 0.6) is 23.5 Å². The number of hydrogen-bond acceptors (Lipinski definition) is 10. The van der Waals surface area contributed by atoms with E-state index in [0.29, 0.717) is 12.1 Å². The van der Waals surface area contributed by atoms with Crippen molar-refractivity contribution in [2.45, 2.75) is 34.0 Å². The summed E-state index contributed by atoms with van der Waals surface area (Å²) in [6, 6.07) is 4.83. The third kappa shape index (κ3) is 4.66. The molecule has 46 heavy (non-hydrogen) atoms. The fraction of sp³-hybridized carbons (Fsp3) is 0.154. The van der Waals surface area contributed by atoms with Gasteiger partial charge in [0.2, 0.25) is 23.5 Å². The van der Waals surface area contributed by atoms with E-state index < -0.39 is 88.9 Å². The summed E-state index contributed by atoms with van der Waals surface area (Å²) in [6.07, 6.45) is -7.21. The molecule has 12 nitrogen and oxygen atoms in total. The van der Waals surface area contributed by atoms with Crippen LogP contribution in [-0.4, -0.2) is 46.7 Å². The molecule has 2 heterocycles. The second-order valence-corrected chi connectivity index (χ2v) is 13.0. The van der Waals surface area contributed by atoms with Gasteiger partial charge in [0, 0.05) is 34.1 Å². The molecule has 0 aliphatic heterocycles. The zero-order valence-corrected chi connectivity index (χ0v) is 23.8. The Morgan fingerprint density at radius 1 is 0.565 bits per heavy atom. The van der Waals surface area contributed by atoms with Crippen molar-refractivity contribution in [3.63, 3.8) is 0 Å². The van der Waals surface area contributed by atoms with Gasteiger partial charge in [0.05, 0.1) is 11.1 Å². The normalized spacial score (nSPS) is 17.5. The molecule has 7 rings (SSSR count). The number of allylic oxidation sites excluding steroid dienone is 2. The van der Waals surface area contributed by atoms with Crippen LogP contribution < -0.4 is 8.57 Å². The molecule has 2 aromatic carbocycles. The Hall–Kier alpha value is -4.98. The highest BCUT2D eigenvalue weighted by molar-refractivity contribution is 7.87. The van der Waals surface area contributed by atoms with Gasteiger partial charge in [0.25, 0.3) is 0 Å². The molecule has 0 spiro atoms. The summed E-state index contributed by atoms with van der Waals surface area (Å²) in [6.45, 7) is 0. The van der Waals surface area contributed by atoms with Gasteiger partial charge >= 0.3 is 32.6 Å². The summed E-state index contributed by atoms with van der Waals surface area (Å²) in [4.78, 5) is -1.97. The SMILES string of the molecule is O=S(=O)(On1c(O)c2c(c1O)C1C=CC2c2c1c(O)n(OS(=O)(=O)c1cccc(C(F)(F)F)c1)c2O)c1cccc(C(F)(F)F)c1. The van der Waals surface area contributed by atoms with Crippen LogP contribution in [0.15, 0.2) is 70.5 Å². The lowest BCUT2D eigenvalue weighted by atomic mass is 9.70. The molecule has 2 bridgehead atoms. The van der Waals surface area contributed by atoms with Crippen molar-refractivity contribution in [3.8, 4) is 23.5 Å². The molecule has 4 N–H and O–H groups in total. The van der Waals surface area contributed by atoms with Crippen molar-refractivity contribution < 1.29 is 72.2 Å². The van der Waals surface area contributed by atoms with E-state index >= 15 is 0 Å². The van der Waals surface area contributed by atoms with E-state index in [1.807, 2.05) is 0 Å². The monoisotopic (exact) mass is 694 g/mol. The quantitative estimate of drug-likeness (QED) is 0.171. The minimum absolute atomic E-state index is 0.00981. The highest BCUT2D eigenvalue weighted by atomic mass is 32.2. The fourth-order valence-electron chi connectivity index (χ4n) is 5.32. The Bertz CT molecular complexity index is 1980. The van der Waals surface area contributed by atoms with Crippen molar-refractivity contribution in [3.05, 3.63) is 94.1 Å². The van der Waals surface area contributed by atoms with Gasteiger partial charge in [-0.05, 0) is 36.4 Å². The first kappa shape index (κ1) is 31.0. The lowest BCUT2D eigenvalue weighted by Gasteiger charge is -2.30. The van der Waals surface area contributed by atoms with E-state index in [9.17, 15) is 63.6 Å². The van der Waals surface area contributed by atoms with Crippen molar-refractivity contribution in [1.29, 1.82) is 0 Å². The molecule has 0 saturated carbocycles. The maximum atomic E-state index is 13.1. The lowest BCUT2D eigenvalue weighted by molar-refractivity contribution is -0.138. The second-order valence-electron chi connectivity index (χ2n) is 9.99. The topological polar surface area (TPSA) is 178 Å². The third-order valence-corrected chi connectivity index (χ3v) is 9.65. The maximum Gasteiger partial charge on any atom is 0.416 e. The molecule has 0 fully saturated rings. The Kier molecular flexibility index (Phi) is 6.58. The van der Waals surface area contributed by atoms with E-state index in [0.717, 1.165) is 24.3 Å². The maximum absolute atomic E-state index is 13.1. The predicted octanol–water partition coefficient (Wildman–Crippen LogP) is 3.93. The molecular weight excluding hydrogens is 678 g/mol. The summed E-state index contributed by atoms with van der Waals surface area (Å²) < 4.78 is 140. The number of alkyl halides is 6. The van der Waals surface area contributed by atoms with Gasteiger partial charge in [-0.3, -0.25) is 8.57 Å². The molecular formula is C26H16F6N2O10S2. The van der Waals surface area contributed by atoms with Gasteiger partial charge in [-0.15, -0.1) is 0 Å². The molecule has 0 atom stereocenters. The van der Waals surface area contributed by atoms with Crippen molar-refractivity contribution in [1.82, 2.24) is 9.46 Å². The Balaban J connectivity index is 1.38. The average Bonchev–Trinajstić information content (AvgIpc) is 3.39.